The van der Waals surface area contributed by atoms with Gasteiger partial charge >= 0.3 is 0 Å². The van der Waals surface area contributed by atoms with Crippen LogP contribution >= 0.6 is 11.6 Å². The second-order valence-electron chi connectivity index (χ2n) is 3.99. The number of hydrogen-bond acceptors (Lipinski definition) is 1. The fourth-order valence-electron chi connectivity index (χ4n) is 1.70. The monoisotopic (exact) mass is 259 g/mol. The average molecular weight is 260 g/mol. The van der Waals surface area contributed by atoms with E-state index in [1.807, 2.05) is 18.2 Å². The Labute approximate surface area is 111 Å². The minimum Gasteiger partial charge on any atom is -0.358 e. The molecule has 0 spiro atoms. The third-order valence-electron chi connectivity index (χ3n) is 2.66. The van der Waals surface area contributed by atoms with Crippen molar-refractivity contribution in [3.8, 4) is 0 Å². The summed E-state index contributed by atoms with van der Waals surface area (Å²) in [5.41, 5.74) is 1.77. The Morgan fingerprint density at radius 3 is 2.61 bits per heavy atom. The number of aryl methyl sites for hydroxylation is 1. The van der Waals surface area contributed by atoms with E-state index in [4.69, 9.17) is 11.6 Å². The molecule has 3 heteroatoms. The highest BCUT2D eigenvalue weighted by molar-refractivity contribution is 6.44. The Morgan fingerprint density at radius 2 is 1.94 bits per heavy atom. The lowest BCUT2D eigenvalue weighted by atomic mass is 10.1. The molecule has 0 amide bonds. The molecule has 2 aromatic rings. The van der Waals surface area contributed by atoms with Crippen molar-refractivity contribution in [3.05, 3.63) is 71.0 Å². The van der Waals surface area contributed by atoms with Gasteiger partial charge in [-0.15, -0.1) is 0 Å². The largest absolute Gasteiger partial charge is 0.358 e. The number of halogens is 1. The van der Waals surface area contributed by atoms with E-state index in [1.165, 1.54) is 5.56 Å². The van der Waals surface area contributed by atoms with Crippen LogP contribution in [0.15, 0.2) is 59.8 Å². The van der Waals surface area contributed by atoms with Gasteiger partial charge in [-0.3, -0.25) is 4.79 Å². The maximum absolute atomic E-state index is 11.8. The van der Waals surface area contributed by atoms with Crippen LogP contribution in [0.25, 0.3) is 0 Å². The van der Waals surface area contributed by atoms with E-state index in [1.54, 1.807) is 24.4 Å². The first-order valence-electron chi connectivity index (χ1n) is 5.85. The molecular weight excluding hydrogens is 246 g/mol. The first-order valence-corrected chi connectivity index (χ1v) is 6.23. The number of aromatic amines is 1. The Morgan fingerprint density at radius 1 is 1.17 bits per heavy atom. The predicted molar refractivity (Wildman–Crippen MR) is 73.8 cm³/mol. The fourth-order valence-corrected chi connectivity index (χ4v) is 1.91. The highest BCUT2D eigenvalue weighted by Crippen LogP contribution is 2.12. The Hall–Kier alpha value is -1.80. The summed E-state index contributed by atoms with van der Waals surface area (Å²) in [7, 11) is 0. The highest BCUT2D eigenvalue weighted by Gasteiger charge is 2.09. The standard InChI is InChI=1S/C15H14ClNO/c16-13(15(18)14-10-5-11-17-14)9-4-8-12-6-2-1-3-7-12/h1-3,5-7,9-11,17H,4,8H2/b13-9-. The van der Waals surface area contributed by atoms with Crippen LogP contribution in [0.2, 0.25) is 0 Å². The summed E-state index contributed by atoms with van der Waals surface area (Å²) in [6, 6.07) is 13.6. The molecule has 0 aliphatic heterocycles. The second-order valence-corrected chi connectivity index (χ2v) is 4.40. The van der Waals surface area contributed by atoms with E-state index < -0.39 is 0 Å². The quantitative estimate of drug-likeness (QED) is 0.640. The van der Waals surface area contributed by atoms with Crippen LogP contribution in [0.4, 0.5) is 0 Å². The lowest BCUT2D eigenvalue weighted by Crippen LogP contribution is -1.99. The maximum Gasteiger partial charge on any atom is 0.220 e. The minimum absolute atomic E-state index is 0.158. The molecule has 0 atom stereocenters. The topological polar surface area (TPSA) is 32.9 Å². The molecule has 2 rings (SSSR count). The summed E-state index contributed by atoms with van der Waals surface area (Å²) in [6.45, 7) is 0. The molecule has 1 N–H and O–H groups in total. The van der Waals surface area contributed by atoms with Crippen molar-refractivity contribution in [3.63, 3.8) is 0 Å². The Balaban J connectivity index is 1.92. The Bertz CT molecular complexity index is 529. The van der Waals surface area contributed by atoms with E-state index >= 15 is 0 Å². The summed E-state index contributed by atoms with van der Waals surface area (Å²) < 4.78 is 0. The first kappa shape index (κ1) is 12.7. The molecule has 92 valence electrons. The van der Waals surface area contributed by atoms with E-state index in [0.29, 0.717) is 5.69 Å². The van der Waals surface area contributed by atoms with E-state index in [0.717, 1.165) is 12.8 Å². The van der Waals surface area contributed by atoms with Gasteiger partial charge in [0.05, 0.1) is 10.7 Å². The molecule has 1 heterocycles. The van der Waals surface area contributed by atoms with Gasteiger partial charge in [0.15, 0.2) is 0 Å². The van der Waals surface area contributed by atoms with Gasteiger partial charge in [0, 0.05) is 6.20 Å². The molecule has 0 unspecified atom stereocenters. The number of hydrogen-bond donors (Lipinski definition) is 1. The van der Waals surface area contributed by atoms with Crippen LogP contribution in [0.1, 0.15) is 22.5 Å². The molecule has 0 radical (unpaired) electrons. The van der Waals surface area contributed by atoms with Gasteiger partial charge in [-0.2, -0.15) is 0 Å². The normalized spacial score (nSPS) is 11.5. The summed E-state index contributed by atoms with van der Waals surface area (Å²) in [6.07, 6.45) is 5.13. The third kappa shape index (κ3) is 3.34. The number of carbonyl (C=O) groups is 1. The Kier molecular flexibility index (Phi) is 4.37. The summed E-state index contributed by atoms with van der Waals surface area (Å²) in [4.78, 5) is 14.7. The molecule has 2 nitrogen and oxygen atoms in total. The smallest absolute Gasteiger partial charge is 0.220 e. The molecule has 0 saturated heterocycles. The zero-order valence-electron chi connectivity index (χ0n) is 9.90. The van der Waals surface area contributed by atoms with Crippen molar-refractivity contribution in [1.82, 2.24) is 4.98 Å². The van der Waals surface area contributed by atoms with Gasteiger partial charge in [-0.25, -0.2) is 0 Å². The van der Waals surface area contributed by atoms with Gasteiger partial charge in [-0.1, -0.05) is 48.0 Å². The number of nitrogens with one attached hydrogen (secondary N) is 1. The number of rotatable bonds is 5. The van der Waals surface area contributed by atoms with Gasteiger partial charge in [0.1, 0.15) is 0 Å². The van der Waals surface area contributed by atoms with Crippen molar-refractivity contribution >= 4 is 17.4 Å². The van der Waals surface area contributed by atoms with Gasteiger partial charge in [0.25, 0.3) is 0 Å². The van der Waals surface area contributed by atoms with Crippen LogP contribution in [0, 0.1) is 0 Å². The van der Waals surface area contributed by atoms with Crippen molar-refractivity contribution in [2.45, 2.75) is 12.8 Å². The molecule has 1 aromatic heterocycles. The van der Waals surface area contributed by atoms with Crippen LogP contribution < -0.4 is 0 Å². The van der Waals surface area contributed by atoms with Gasteiger partial charge in [-0.05, 0) is 30.5 Å². The zero-order valence-corrected chi connectivity index (χ0v) is 10.7. The SMILES string of the molecule is O=C(/C(Cl)=C/CCc1ccccc1)c1ccc[nH]1. The van der Waals surface area contributed by atoms with Crippen LogP contribution in [0.3, 0.4) is 0 Å². The lowest BCUT2D eigenvalue weighted by molar-refractivity contribution is 0.103. The second kappa shape index (κ2) is 6.22. The van der Waals surface area contributed by atoms with Crippen molar-refractivity contribution in [1.29, 1.82) is 0 Å². The molecular formula is C15H14ClNO. The fraction of sp³-hybridized carbons (Fsp3) is 0.133. The van der Waals surface area contributed by atoms with E-state index in [9.17, 15) is 4.79 Å². The molecule has 0 aliphatic rings. The summed E-state index contributed by atoms with van der Waals surface area (Å²) >= 11 is 5.98. The summed E-state index contributed by atoms with van der Waals surface area (Å²) in [5.74, 6) is -0.158. The van der Waals surface area contributed by atoms with E-state index in [2.05, 4.69) is 17.1 Å². The third-order valence-corrected chi connectivity index (χ3v) is 2.98. The molecule has 0 aliphatic carbocycles. The highest BCUT2D eigenvalue weighted by atomic mass is 35.5. The van der Waals surface area contributed by atoms with E-state index in [-0.39, 0.29) is 10.8 Å². The van der Waals surface area contributed by atoms with Crippen LogP contribution in [0.5, 0.6) is 0 Å². The minimum atomic E-state index is -0.158. The van der Waals surface area contributed by atoms with Crippen LogP contribution in [-0.2, 0) is 6.42 Å². The number of carbonyl (C=O) groups excluding carboxylic acids is 1. The molecule has 0 bridgehead atoms. The van der Waals surface area contributed by atoms with Gasteiger partial charge < -0.3 is 4.98 Å². The van der Waals surface area contributed by atoms with Crippen molar-refractivity contribution in [2.75, 3.05) is 0 Å². The summed E-state index contributed by atoms with van der Waals surface area (Å²) in [5, 5.41) is 0.272. The first-order chi connectivity index (χ1) is 8.77. The average Bonchev–Trinajstić information content (AvgIpc) is 2.93. The van der Waals surface area contributed by atoms with Gasteiger partial charge in [0.2, 0.25) is 5.78 Å². The molecule has 0 fully saturated rings. The number of H-pyrrole nitrogens is 1. The zero-order chi connectivity index (χ0) is 12.8. The lowest BCUT2D eigenvalue weighted by Gasteiger charge is -1.99. The number of allylic oxidation sites excluding steroid dienone is 2. The number of Topliss-reactive ketones (excluding diaryl/α,β-unsaturated/α-hetero) is 1. The number of aromatic nitrogens is 1. The number of ketones is 1. The van der Waals surface area contributed by atoms with Crippen molar-refractivity contribution in [2.24, 2.45) is 0 Å². The molecule has 18 heavy (non-hydrogen) atoms. The van der Waals surface area contributed by atoms with Crippen LogP contribution in [-0.4, -0.2) is 10.8 Å². The van der Waals surface area contributed by atoms with Crippen molar-refractivity contribution < 1.29 is 4.79 Å². The predicted octanol–water partition coefficient (Wildman–Crippen LogP) is 3.95. The molecule has 0 saturated carbocycles. The molecule has 1 aromatic carbocycles. The maximum atomic E-state index is 11.8. The number of benzene rings is 1.